The Balaban J connectivity index is 2.76. The van der Waals surface area contributed by atoms with Crippen LogP contribution in [-0.4, -0.2) is 34.6 Å². The SMILES string of the molecule is CCCNc1ncnc(NC(C)CCSC)c1CC. The molecule has 0 saturated carbocycles. The Morgan fingerprint density at radius 2 is 2.00 bits per heavy atom. The van der Waals surface area contributed by atoms with Crippen molar-refractivity contribution in [2.24, 2.45) is 0 Å². The molecule has 19 heavy (non-hydrogen) atoms. The van der Waals surface area contributed by atoms with Crippen LogP contribution in [0.4, 0.5) is 11.6 Å². The zero-order valence-corrected chi connectivity index (χ0v) is 13.3. The van der Waals surface area contributed by atoms with Gasteiger partial charge >= 0.3 is 0 Å². The van der Waals surface area contributed by atoms with Crippen LogP contribution < -0.4 is 10.6 Å². The van der Waals surface area contributed by atoms with E-state index in [9.17, 15) is 0 Å². The van der Waals surface area contributed by atoms with Gasteiger partial charge in [0.15, 0.2) is 0 Å². The summed E-state index contributed by atoms with van der Waals surface area (Å²) in [7, 11) is 0. The number of hydrogen-bond acceptors (Lipinski definition) is 5. The average molecular weight is 282 g/mol. The second-order valence-electron chi connectivity index (χ2n) is 4.66. The molecule has 2 N–H and O–H groups in total. The van der Waals surface area contributed by atoms with Crippen molar-refractivity contribution in [1.29, 1.82) is 0 Å². The molecule has 0 aliphatic rings. The van der Waals surface area contributed by atoms with Gasteiger partial charge in [-0.3, -0.25) is 0 Å². The van der Waals surface area contributed by atoms with E-state index in [0.717, 1.165) is 37.4 Å². The highest BCUT2D eigenvalue weighted by atomic mass is 32.2. The van der Waals surface area contributed by atoms with Gasteiger partial charge in [0.25, 0.3) is 0 Å². The van der Waals surface area contributed by atoms with Crippen LogP contribution in [0.25, 0.3) is 0 Å². The highest BCUT2D eigenvalue weighted by Crippen LogP contribution is 2.21. The van der Waals surface area contributed by atoms with Gasteiger partial charge in [0.1, 0.15) is 18.0 Å². The Morgan fingerprint density at radius 1 is 1.26 bits per heavy atom. The fourth-order valence-electron chi connectivity index (χ4n) is 1.87. The van der Waals surface area contributed by atoms with E-state index in [2.05, 4.69) is 47.6 Å². The minimum atomic E-state index is 0.437. The summed E-state index contributed by atoms with van der Waals surface area (Å²) in [6.45, 7) is 7.46. The summed E-state index contributed by atoms with van der Waals surface area (Å²) in [6.07, 6.45) is 6.96. The van der Waals surface area contributed by atoms with Crippen LogP contribution in [0.2, 0.25) is 0 Å². The van der Waals surface area contributed by atoms with Gasteiger partial charge in [-0.25, -0.2) is 9.97 Å². The third kappa shape index (κ3) is 5.27. The van der Waals surface area contributed by atoms with Crippen LogP contribution in [0.3, 0.4) is 0 Å². The van der Waals surface area contributed by atoms with E-state index in [1.165, 1.54) is 11.3 Å². The Bertz CT molecular complexity index is 370. The highest BCUT2D eigenvalue weighted by molar-refractivity contribution is 7.98. The lowest BCUT2D eigenvalue weighted by atomic mass is 10.2. The predicted molar refractivity (Wildman–Crippen MR) is 86.3 cm³/mol. The van der Waals surface area contributed by atoms with Crippen LogP contribution in [0.1, 0.15) is 39.2 Å². The van der Waals surface area contributed by atoms with Crippen molar-refractivity contribution < 1.29 is 0 Å². The normalized spacial score (nSPS) is 12.2. The molecule has 0 fully saturated rings. The molecule has 1 atom stereocenters. The molecular weight excluding hydrogens is 256 g/mol. The van der Waals surface area contributed by atoms with Crippen molar-refractivity contribution in [3.8, 4) is 0 Å². The molecule has 1 rings (SSSR count). The van der Waals surface area contributed by atoms with Crippen LogP contribution in [0, 0.1) is 0 Å². The molecule has 1 heterocycles. The first-order valence-corrected chi connectivity index (χ1v) is 8.45. The van der Waals surface area contributed by atoms with Gasteiger partial charge in [0, 0.05) is 18.2 Å². The van der Waals surface area contributed by atoms with Crippen molar-refractivity contribution in [2.45, 2.75) is 46.1 Å². The first-order valence-electron chi connectivity index (χ1n) is 7.06. The van der Waals surface area contributed by atoms with E-state index in [1.807, 2.05) is 11.8 Å². The van der Waals surface area contributed by atoms with Gasteiger partial charge in [-0.15, -0.1) is 0 Å². The largest absolute Gasteiger partial charge is 0.370 e. The van der Waals surface area contributed by atoms with E-state index in [-0.39, 0.29) is 0 Å². The van der Waals surface area contributed by atoms with E-state index >= 15 is 0 Å². The molecule has 4 nitrogen and oxygen atoms in total. The Labute approximate surface area is 121 Å². The second kappa shape index (κ2) is 9.02. The summed E-state index contributed by atoms with van der Waals surface area (Å²) in [5, 5.41) is 6.88. The molecule has 0 radical (unpaired) electrons. The fourth-order valence-corrected chi connectivity index (χ4v) is 2.46. The van der Waals surface area contributed by atoms with Crippen molar-refractivity contribution in [3.63, 3.8) is 0 Å². The molecule has 1 aromatic heterocycles. The smallest absolute Gasteiger partial charge is 0.134 e. The molecule has 1 aromatic rings. The molecule has 0 aromatic carbocycles. The Kier molecular flexibility index (Phi) is 7.63. The van der Waals surface area contributed by atoms with Gasteiger partial charge < -0.3 is 10.6 Å². The topological polar surface area (TPSA) is 49.8 Å². The molecule has 1 unspecified atom stereocenters. The van der Waals surface area contributed by atoms with Gasteiger partial charge in [0.05, 0.1) is 0 Å². The molecular formula is C14H26N4S. The Hall–Kier alpha value is -0.970. The summed E-state index contributed by atoms with van der Waals surface area (Å²) in [5.41, 5.74) is 1.19. The molecule has 0 aliphatic carbocycles. The monoisotopic (exact) mass is 282 g/mol. The summed E-state index contributed by atoms with van der Waals surface area (Å²) in [6, 6.07) is 0.437. The molecule has 0 aliphatic heterocycles. The zero-order chi connectivity index (χ0) is 14.1. The molecule has 5 heteroatoms. The lowest BCUT2D eigenvalue weighted by Crippen LogP contribution is -2.19. The third-order valence-corrected chi connectivity index (χ3v) is 3.62. The molecule has 0 spiro atoms. The quantitative estimate of drug-likeness (QED) is 0.727. The number of hydrogen-bond donors (Lipinski definition) is 2. The first-order chi connectivity index (χ1) is 9.22. The van der Waals surface area contributed by atoms with Crippen molar-refractivity contribution in [2.75, 3.05) is 29.2 Å². The highest BCUT2D eigenvalue weighted by Gasteiger charge is 2.11. The number of rotatable bonds is 9. The van der Waals surface area contributed by atoms with Gasteiger partial charge in [-0.2, -0.15) is 11.8 Å². The number of nitrogens with one attached hydrogen (secondary N) is 2. The van der Waals surface area contributed by atoms with E-state index < -0.39 is 0 Å². The number of aromatic nitrogens is 2. The first kappa shape index (κ1) is 16.1. The fraction of sp³-hybridized carbons (Fsp3) is 0.714. The minimum Gasteiger partial charge on any atom is -0.370 e. The van der Waals surface area contributed by atoms with E-state index in [0.29, 0.717) is 6.04 Å². The Morgan fingerprint density at radius 3 is 2.63 bits per heavy atom. The summed E-state index contributed by atoms with van der Waals surface area (Å²) in [4.78, 5) is 8.75. The summed E-state index contributed by atoms with van der Waals surface area (Å²) >= 11 is 1.88. The van der Waals surface area contributed by atoms with Gasteiger partial charge in [0.2, 0.25) is 0 Å². The van der Waals surface area contributed by atoms with Gasteiger partial charge in [-0.1, -0.05) is 13.8 Å². The van der Waals surface area contributed by atoms with Crippen LogP contribution in [0.5, 0.6) is 0 Å². The van der Waals surface area contributed by atoms with Crippen LogP contribution in [0.15, 0.2) is 6.33 Å². The number of thioether (sulfide) groups is 1. The number of anilines is 2. The van der Waals surface area contributed by atoms with E-state index in [4.69, 9.17) is 0 Å². The van der Waals surface area contributed by atoms with Crippen molar-refractivity contribution in [1.82, 2.24) is 9.97 Å². The average Bonchev–Trinajstić information content (AvgIpc) is 2.43. The van der Waals surface area contributed by atoms with Crippen molar-refractivity contribution in [3.05, 3.63) is 11.9 Å². The van der Waals surface area contributed by atoms with Gasteiger partial charge in [-0.05, 0) is 38.2 Å². The van der Waals surface area contributed by atoms with Crippen molar-refractivity contribution >= 4 is 23.4 Å². The lowest BCUT2D eigenvalue weighted by Gasteiger charge is -2.18. The second-order valence-corrected chi connectivity index (χ2v) is 5.64. The lowest BCUT2D eigenvalue weighted by molar-refractivity contribution is 0.762. The maximum Gasteiger partial charge on any atom is 0.134 e. The van der Waals surface area contributed by atoms with E-state index in [1.54, 1.807) is 6.33 Å². The minimum absolute atomic E-state index is 0.437. The van der Waals surface area contributed by atoms with Crippen LogP contribution in [-0.2, 0) is 6.42 Å². The maximum atomic E-state index is 4.40. The number of nitrogens with zero attached hydrogens (tertiary/aromatic N) is 2. The zero-order valence-electron chi connectivity index (χ0n) is 12.5. The summed E-state index contributed by atoms with van der Waals surface area (Å²) < 4.78 is 0. The maximum absolute atomic E-state index is 4.40. The standard InChI is InChI=1S/C14H26N4S/c1-5-8-15-13-12(6-2)14(17-10-16-13)18-11(3)7-9-19-4/h10-11H,5-9H2,1-4H3,(H2,15,16,17,18). The molecule has 0 bridgehead atoms. The van der Waals surface area contributed by atoms with Crippen LogP contribution >= 0.6 is 11.8 Å². The molecule has 108 valence electrons. The summed E-state index contributed by atoms with van der Waals surface area (Å²) in [5.74, 6) is 3.12. The molecule has 0 saturated heterocycles. The predicted octanol–water partition coefficient (Wildman–Crippen LogP) is 3.41. The molecule has 0 amide bonds. The third-order valence-electron chi connectivity index (χ3n) is 2.98.